The monoisotopic (exact) mass is 343 g/mol. The summed E-state index contributed by atoms with van der Waals surface area (Å²) in [6, 6.07) is 4.01. The van der Waals surface area contributed by atoms with E-state index in [0.29, 0.717) is 10.7 Å². The van der Waals surface area contributed by atoms with Gasteiger partial charge >= 0.3 is 0 Å². The van der Waals surface area contributed by atoms with Gasteiger partial charge in [0, 0.05) is 44.4 Å². The van der Waals surface area contributed by atoms with Crippen molar-refractivity contribution in [3.8, 4) is 0 Å². The number of hydrogen-bond acceptors (Lipinski definition) is 4. The maximum Gasteiger partial charge on any atom is 0.226 e. The van der Waals surface area contributed by atoms with Crippen molar-refractivity contribution in [3.63, 3.8) is 0 Å². The molecule has 1 amide bonds. The Morgan fingerprint density at radius 1 is 1.46 bits per heavy atom. The molecule has 1 N–H and O–H groups in total. The minimum absolute atomic E-state index is 0.121. The van der Waals surface area contributed by atoms with Gasteiger partial charge in [0.05, 0.1) is 0 Å². The van der Waals surface area contributed by atoms with Crippen molar-refractivity contribution in [2.75, 3.05) is 13.1 Å². The van der Waals surface area contributed by atoms with Gasteiger partial charge in [-0.1, -0.05) is 6.07 Å². The van der Waals surface area contributed by atoms with Gasteiger partial charge in [-0.3, -0.25) is 14.9 Å². The van der Waals surface area contributed by atoms with E-state index in [1.165, 1.54) is 5.56 Å². The lowest BCUT2D eigenvalue weighted by Crippen LogP contribution is -2.40. The molecule has 3 unspecified atom stereocenters. The fourth-order valence-electron chi connectivity index (χ4n) is 3.78. The molecule has 7 heteroatoms. The van der Waals surface area contributed by atoms with Crippen LogP contribution in [-0.2, 0) is 11.8 Å². The average molecular weight is 343 g/mol. The molecule has 1 aliphatic carbocycles. The SMILES string of the molecule is Cn1c(C2CCCN(C(=O)C3CC3c3cccnc3)C2)n[nH]c1=S. The molecule has 2 fully saturated rings. The molecule has 0 radical (unpaired) electrons. The summed E-state index contributed by atoms with van der Waals surface area (Å²) in [4.78, 5) is 19.0. The lowest BCUT2D eigenvalue weighted by Gasteiger charge is -2.32. The normalized spacial score (nSPS) is 26.4. The average Bonchev–Trinajstić information content (AvgIpc) is 3.36. The Kier molecular flexibility index (Phi) is 3.96. The number of amides is 1. The van der Waals surface area contributed by atoms with Crippen molar-refractivity contribution >= 4 is 18.1 Å². The second-order valence-electron chi connectivity index (χ2n) is 6.80. The molecule has 6 nitrogen and oxygen atoms in total. The molecule has 2 aliphatic rings. The third-order valence-electron chi connectivity index (χ3n) is 5.23. The molecule has 1 saturated heterocycles. The minimum Gasteiger partial charge on any atom is -0.342 e. The first-order chi connectivity index (χ1) is 11.6. The van der Waals surface area contributed by atoms with Crippen LogP contribution in [0.15, 0.2) is 24.5 Å². The van der Waals surface area contributed by atoms with Gasteiger partial charge in [-0.2, -0.15) is 5.10 Å². The maximum absolute atomic E-state index is 12.9. The van der Waals surface area contributed by atoms with Gasteiger partial charge < -0.3 is 9.47 Å². The molecular formula is C17H21N5OS. The third-order valence-corrected chi connectivity index (χ3v) is 5.60. The van der Waals surface area contributed by atoms with Crippen LogP contribution in [-0.4, -0.2) is 43.6 Å². The summed E-state index contributed by atoms with van der Waals surface area (Å²) in [7, 11) is 1.93. The molecule has 1 saturated carbocycles. The Hall–Kier alpha value is -2.02. The van der Waals surface area contributed by atoms with Crippen LogP contribution in [0.5, 0.6) is 0 Å². The van der Waals surface area contributed by atoms with E-state index < -0.39 is 0 Å². The number of nitrogens with zero attached hydrogens (tertiary/aromatic N) is 4. The lowest BCUT2D eigenvalue weighted by atomic mass is 9.96. The molecular weight excluding hydrogens is 322 g/mol. The maximum atomic E-state index is 12.9. The van der Waals surface area contributed by atoms with Gasteiger partial charge in [-0.05, 0) is 49.0 Å². The second kappa shape index (κ2) is 6.12. The van der Waals surface area contributed by atoms with Crippen LogP contribution >= 0.6 is 12.2 Å². The van der Waals surface area contributed by atoms with E-state index in [4.69, 9.17) is 12.2 Å². The first-order valence-electron chi connectivity index (χ1n) is 8.45. The van der Waals surface area contributed by atoms with E-state index in [0.717, 1.165) is 38.2 Å². The Morgan fingerprint density at radius 2 is 2.33 bits per heavy atom. The van der Waals surface area contributed by atoms with Crippen LogP contribution in [0.2, 0.25) is 0 Å². The van der Waals surface area contributed by atoms with Crippen LogP contribution in [0.25, 0.3) is 0 Å². The zero-order valence-electron chi connectivity index (χ0n) is 13.7. The molecule has 2 aromatic rings. The third kappa shape index (κ3) is 2.77. The molecule has 0 aromatic carbocycles. The van der Waals surface area contributed by atoms with Gasteiger partial charge in [0.15, 0.2) is 4.77 Å². The Morgan fingerprint density at radius 3 is 3.04 bits per heavy atom. The van der Waals surface area contributed by atoms with E-state index in [-0.39, 0.29) is 17.7 Å². The first kappa shape index (κ1) is 15.5. The number of carbonyl (C=O) groups is 1. The number of H-pyrrole nitrogens is 1. The largest absolute Gasteiger partial charge is 0.342 e. The molecule has 24 heavy (non-hydrogen) atoms. The van der Waals surface area contributed by atoms with Crippen molar-refractivity contribution in [3.05, 3.63) is 40.7 Å². The highest BCUT2D eigenvalue weighted by atomic mass is 32.1. The number of nitrogens with one attached hydrogen (secondary N) is 1. The van der Waals surface area contributed by atoms with Crippen LogP contribution in [0, 0.1) is 10.7 Å². The van der Waals surface area contributed by atoms with Crippen molar-refractivity contribution in [2.45, 2.75) is 31.1 Å². The number of aromatic amines is 1. The predicted molar refractivity (Wildman–Crippen MR) is 92.0 cm³/mol. The summed E-state index contributed by atoms with van der Waals surface area (Å²) in [6.07, 6.45) is 6.66. The number of likely N-dealkylation sites (tertiary alicyclic amines) is 1. The van der Waals surface area contributed by atoms with Gasteiger partial charge in [-0.25, -0.2) is 0 Å². The zero-order valence-corrected chi connectivity index (χ0v) is 14.5. The molecule has 0 spiro atoms. The standard InChI is InChI=1S/C17H21N5OS/c1-21-15(19-20-17(21)24)12-5-3-7-22(10-12)16(23)14-8-13(14)11-4-2-6-18-9-11/h2,4,6,9,12-14H,3,5,7-8,10H2,1H3,(H,20,24). The van der Waals surface area contributed by atoms with Crippen molar-refractivity contribution in [2.24, 2.45) is 13.0 Å². The number of hydrogen-bond donors (Lipinski definition) is 1. The molecule has 126 valence electrons. The van der Waals surface area contributed by atoms with Gasteiger partial charge in [0.25, 0.3) is 0 Å². The van der Waals surface area contributed by atoms with E-state index >= 15 is 0 Å². The summed E-state index contributed by atoms with van der Waals surface area (Å²) in [5, 5.41) is 7.20. The van der Waals surface area contributed by atoms with Crippen molar-refractivity contribution in [1.29, 1.82) is 0 Å². The minimum atomic E-state index is 0.121. The van der Waals surface area contributed by atoms with E-state index in [9.17, 15) is 4.79 Å². The lowest BCUT2D eigenvalue weighted by molar-refractivity contribution is -0.133. The predicted octanol–water partition coefficient (Wildman–Crippen LogP) is 2.38. The Labute approximate surface area is 145 Å². The summed E-state index contributed by atoms with van der Waals surface area (Å²) < 4.78 is 2.55. The van der Waals surface area contributed by atoms with Gasteiger partial charge in [0.2, 0.25) is 5.91 Å². The van der Waals surface area contributed by atoms with Crippen LogP contribution in [0.1, 0.15) is 42.5 Å². The summed E-state index contributed by atoms with van der Waals surface area (Å²) in [5.41, 5.74) is 1.18. The molecule has 1 aliphatic heterocycles. The van der Waals surface area contributed by atoms with Crippen LogP contribution in [0.4, 0.5) is 0 Å². The molecule has 0 bridgehead atoms. The highest BCUT2D eigenvalue weighted by molar-refractivity contribution is 7.71. The highest BCUT2D eigenvalue weighted by Gasteiger charge is 2.46. The summed E-state index contributed by atoms with van der Waals surface area (Å²) >= 11 is 5.20. The van der Waals surface area contributed by atoms with Crippen molar-refractivity contribution < 1.29 is 4.79 Å². The van der Waals surface area contributed by atoms with E-state index in [1.807, 2.05) is 28.8 Å². The van der Waals surface area contributed by atoms with Crippen LogP contribution in [0.3, 0.4) is 0 Å². The van der Waals surface area contributed by atoms with Gasteiger partial charge in [0.1, 0.15) is 5.82 Å². The quantitative estimate of drug-likeness (QED) is 0.869. The second-order valence-corrected chi connectivity index (χ2v) is 7.19. The molecule has 3 heterocycles. The zero-order chi connectivity index (χ0) is 16.7. The van der Waals surface area contributed by atoms with E-state index in [2.05, 4.69) is 21.2 Å². The van der Waals surface area contributed by atoms with Gasteiger partial charge in [-0.15, -0.1) is 0 Å². The number of carbonyl (C=O) groups excluding carboxylic acids is 1. The fraction of sp³-hybridized carbons (Fsp3) is 0.529. The van der Waals surface area contributed by atoms with Crippen LogP contribution < -0.4 is 0 Å². The smallest absolute Gasteiger partial charge is 0.226 e. The van der Waals surface area contributed by atoms with Crippen molar-refractivity contribution in [1.82, 2.24) is 24.6 Å². The van der Waals surface area contributed by atoms with E-state index in [1.54, 1.807) is 6.20 Å². The topological polar surface area (TPSA) is 66.8 Å². The Balaban J connectivity index is 1.44. The Bertz CT molecular complexity index is 799. The molecule has 3 atom stereocenters. The summed E-state index contributed by atoms with van der Waals surface area (Å²) in [6.45, 7) is 1.59. The summed E-state index contributed by atoms with van der Waals surface area (Å²) in [5.74, 6) is 1.96. The molecule has 2 aromatic heterocycles. The number of aromatic nitrogens is 4. The first-order valence-corrected chi connectivity index (χ1v) is 8.86. The fourth-order valence-corrected chi connectivity index (χ4v) is 3.92. The highest BCUT2D eigenvalue weighted by Crippen LogP contribution is 2.48. The molecule has 4 rings (SSSR count). The number of rotatable bonds is 3. The number of pyridine rings is 1. The number of piperidine rings is 1.